The Morgan fingerprint density at radius 1 is 1.08 bits per heavy atom. The van der Waals surface area contributed by atoms with E-state index in [0.717, 1.165) is 18.5 Å². The predicted octanol–water partition coefficient (Wildman–Crippen LogP) is 2.95. The summed E-state index contributed by atoms with van der Waals surface area (Å²) in [6.45, 7) is 1.54. The molecule has 0 aliphatic carbocycles. The minimum absolute atomic E-state index is 0.0398. The second kappa shape index (κ2) is 5.69. The Bertz CT molecular complexity index is 957. The molecule has 24 heavy (non-hydrogen) atoms. The fraction of sp³-hybridized carbons (Fsp3) is 0.211. The third-order valence-corrected chi connectivity index (χ3v) is 4.52. The van der Waals surface area contributed by atoms with E-state index in [1.165, 1.54) is 12.1 Å². The van der Waals surface area contributed by atoms with Gasteiger partial charge in [-0.2, -0.15) is 0 Å². The van der Waals surface area contributed by atoms with Gasteiger partial charge in [0, 0.05) is 35.7 Å². The van der Waals surface area contributed by atoms with Crippen molar-refractivity contribution in [3.8, 4) is 22.8 Å². The number of phenolic OH excluding ortho intramolecular Hbond substituents is 2. The van der Waals surface area contributed by atoms with Gasteiger partial charge in [-0.15, -0.1) is 0 Å². The smallest absolute Gasteiger partial charge is 0.197 e. The topological polar surface area (TPSA) is 82.7 Å². The average Bonchev–Trinajstić information content (AvgIpc) is 3.09. The summed E-state index contributed by atoms with van der Waals surface area (Å²) >= 11 is 0. The summed E-state index contributed by atoms with van der Waals surface area (Å²) < 4.78 is 5.99. The predicted molar refractivity (Wildman–Crippen MR) is 91.5 cm³/mol. The van der Waals surface area contributed by atoms with Gasteiger partial charge in [-0.3, -0.25) is 4.79 Å². The molecular formula is C19H17NO4. The molecule has 4 rings (SSSR count). The van der Waals surface area contributed by atoms with Gasteiger partial charge in [0.2, 0.25) is 0 Å². The Hall–Kier alpha value is -2.79. The van der Waals surface area contributed by atoms with E-state index in [2.05, 4.69) is 5.32 Å². The highest BCUT2D eigenvalue weighted by Gasteiger charge is 2.26. The van der Waals surface area contributed by atoms with Crippen LogP contribution >= 0.6 is 0 Å². The molecule has 1 aliphatic heterocycles. The Balaban J connectivity index is 2.04. The molecular weight excluding hydrogens is 306 g/mol. The zero-order valence-electron chi connectivity index (χ0n) is 13.0. The highest BCUT2D eigenvalue weighted by molar-refractivity contribution is 5.89. The third kappa shape index (κ3) is 2.34. The third-order valence-electron chi connectivity index (χ3n) is 4.52. The molecule has 1 aliphatic rings. The second-order valence-corrected chi connectivity index (χ2v) is 6.06. The van der Waals surface area contributed by atoms with E-state index in [1.54, 1.807) is 0 Å². The number of phenols is 2. The summed E-state index contributed by atoms with van der Waals surface area (Å²) in [5.41, 5.74) is 1.31. The standard InChI is InChI=1S/C19H17NO4/c21-13-8-14(22)18-15(23)9-16(11-4-2-1-3-5-11)24-19(18)17(13)12-6-7-20-10-12/h1-5,8-9,12,20-22H,6-7,10H2. The molecule has 0 amide bonds. The summed E-state index contributed by atoms with van der Waals surface area (Å²) in [6.07, 6.45) is 0.840. The van der Waals surface area contributed by atoms with Crippen molar-refractivity contribution < 1.29 is 14.6 Å². The van der Waals surface area contributed by atoms with Crippen LogP contribution in [0.2, 0.25) is 0 Å². The molecule has 1 saturated heterocycles. The van der Waals surface area contributed by atoms with Crippen LogP contribution in [0.3, 0.4) is 0 Å². The van der Waals surface area contributed by atoms with Crippen molar-refractivity contribution in [1.82, 2.24) is 5.32 Å². The van der Waals surface area contributed by atoms with Gasteiger partial charge in [0.25, 0.3) is 0 Å². The maximum Gasteiger partial charge on any atom is 0.197 e. The molecule has 1 aromatic heterocycles. The molecule has 5 nitrogen and oxygen atoms in total. The summed E-state index contributed by atoms with van der Waals surface area (Å²) in [5.74, 6) is 0.167. The van der Waals surface area contributed by atoms with Crippen LogP contribution in [0.4, 0.5) is 0 Å². The Morgan fingerprint density at radius 3 is 2.58 bits per heavy atom. The van der Waals surface area contributed by atoms with E-state index in [9.17, 15) is 15.0 Å². The van der Waals surface area contributed by atoms with Gasteiger partial charge in [-0.25, -0.2) is 0 Å². The average molecular weight is 323 g/mol. The van der Waals surface area contributed by atoms with Crippen molar-refractivity contribution in [3.05, 3.63) is 58.3 Å². The van der Waals surface area contributed by atoms with Gasteiger partial charge in [0.05, 0.1) is 0 Å². The summed E-state index contributed by atoms with van der Waals surface area (Å²) in [5, 5.41) is 23.8. The monoisotopic (exact) mass is 323 g/mol. The summed E-state index contributed by atoms with van der Waals surface area (Å²) in [7, 11) is 0. The molecule has 2 heterocycles. The maximum atomic E-state index is 12.6. The van der Waals surface area contributed by atoms with Crippen molar-refractivity contribution in [2.75, 3.05) is 13.1 Å². The van der Waals surface area contributed by atoms with Gasteiger partial charge in [-0.05, 0) is 13.0 Å². The number of rotatable bonds is 2. The van der Waals surface area contributed by atoms with Crippen LogP contribution in [0.15, 0.2) is 51.7 Å². The van der Waals surface area contributed by atoms with Crippen molar-refractivity contribution in [3.63, 3.8) is 0 Å². The highest BCUT2D eigenvalue weighted by atomic mass is 16.3. The van der Waals surface area contributed by atoms with E-state index >= 15 is 0 Å². The van der Waals surface area contributed by atoms with Crippen molar-refractivity contribution in [2.45, 2.75) is 12.3 Å². The number of fused-ring (bicyclic) bond motifs is 1. The SMILES string of the molecule is O=c1cc(-c2ccccc2)oc2c(C3CCNC3)c(O)cc(O)c12. The molecule has 3 aromatic rings. The minimum Gasteiger partial charge on any atom is -0.507 e. The molecule has 1 unspecified atom stereocenters. The summed E-state index contributed by atoms with van der Waals surface area (Å²) in [4.78, 5) is 12.6. The molecule has 2 aromatic carbocycles. The molecule has 122 valence electrons. The quantitative estimate of drug-likeness (QED) is 0.675. The number of nitrogens with one attached hydrogen (secondary N) is 1. The van der Waals surface area contributed by atoms with Crippen LogP contribution in [-0.2, 0) is 0 Å². The van der Waals surface area contributed by atoms with Crippen LogP contribution in [-0.4, -0.2) is 23.3 Å². The largest absolute Gasteiger partial charge is 0.507 e. The van der Waals surface area contributed by atoms with E-state index in [1.807, 2.05) is 30.3 Å². The fourth-order valence-electron chi connectivity index (χ4n) is 3.36. The zero-order valence-corrected chi connectivity index (χ0v) is 13.0. The van der Waals surface area contributed by atoms with Crippen LogP contribution in [0.1, 0.15) is 17.9 Å². The van der Waals surface area contributed by atoms with Crippen LogP contribution in [0.5, 0.6) is 11.5 Å². The lowest BCUT2D eigenvalue weighted by Crippen LogP contribution is -2.10. The maximum absolute atomic E-state index is 12.6. The number of hydrogen-bond acceptors (Lipinski definition) is 5. The number of aromatic hydroxyl groups is 2. The van der Waals surface area contributed by atoms with Crippen molar-refractivity contribution >= 4 is 11.0 Å². The Labute approximate surface area is 138 Å². The molecule has 0 saturated carbocycles. The van der Waals surface area contributed by atoms with Crippen molar-refractivity contribution in [1.29, 1.82) is 0 Å². The summed E-state index contributed by atoms with van der Waals surface area (Å²) in [6, 6.07) is 11.9. The van der Waals surface area contributed by atoms with Gasteiger partial charge in [0.15, 0.2) is 5.43 Å². The van der Waals surface area contributed by atoms with Gasteiger partial charge < -0.3 is 19.9 Å². The van der Waals surface area contributed by atoms with E-state index in [-0.39, 0.29) is 33.8 Å². The lowest BCUT2D eigenvalue weighted by molar-refractivity contribution is 0.443. The molecule has 0 radical (unpaired) electrons. The molecule has 0 bridgehead atoms. The normalized spacial score (nSPS) is 17.4. The lowest BCUT2D eigenvalue weighted by Gasteiger charge is -2.15. The second-order valence-electron chi connectivity index (χ2n) is 6.06. The first-order valence-electron chi connectivity index (χ1n) is 7.94. The zero-order chi connectivity index (χ0) is 16.7. The van der Waals surface area contributed by atoms with Crippen LogP contribution in [0, 0.1) is 0 Å². The molecule has 1 atom stereocenters. The van der Waals surface area contributed by atoms with Gasteiger partial charge in [-0.1, -0.05) is 30.3 Å². The molecule has 1 fully saturated rings. The van der Waals surface area contributed by atoms with E-state index in [4.69, 9.17) is 4.42 Å². The van der Waals surface area contributed by atoms with Crippen LogP contribution < -0.4 is 10.7 Å². The first kappa shape index (κ1) is 14.8. The van der Waals surface area contributed by atoms with Crippen molar-refractivity contribution in [2.24, 2.45) is 0 Å². The first-order valence-corrected chi connectivity index (χ1v) is 7.94. The van der Waals surface area contributed by atoms with Crippen LogP contribution in [0.25, 0.3) is 22.3 Å². The number of hydrogen-bond donors (Lipinski definition) is 3. The van der Waals surface area contributed by atoms with E-state index < -0.39 is 0 Å². The van der Waals surface area contributed by atoms with Gasteiger partial charge in [0.1, 0.15) is 28.2 Å². The lowest BCUT2D eigenvalue weighted by atomic mass is 9.94. The molecule has 3 N–H and O–H groups in total. The Kier molecular flexibility index (Phi) is 3.50. The molecule has 0 spiro atoms. The Morgan fingerprint density at radius 2 is 1.88 bits per heavy atom. The molecule has 5 heteroatoms. The fourth-order valence-corrected chi connectivity index (χ4v) is 3.36. The first-order chi connectivity index (χ1) is 11.6. The van der Waals surface area contributed by atoms with E-state index in [0.29, 0.717) is 17.9 Å². The van der Waals surface area contributed by atoms with Gasteiger partial charge >= 0.3 is 0 Å². The highest BCUT2D eigenvalue weighted by Crippen LogP contribution is 2.40. The number of benzene rings is 2. The minimum atomic E-state index is -0.320.